The molecule has 1 N–H and O–H groups in total. The van der Waals surface area contributed by atoms with Gasteiger partial charge in [-0.1, -0.05) is 35.3 Å². The zero-order valence-electron chi connectivity index (χ0n) is 14.2. The lowest BCUT2D eigenvalue weighted by molar-refractivity contribution is 0.600. The van der Waals surface area contributed by atoms with Crippen molar-refractivity contribution in [3.05, 3.63) is 75.4 Å². The molecule has 1 aromatic heterocycles. The van der Waals surface area contributed by atoms with Gasteiger partial charge in [0.25, 0.3) is 10.0 Å². The van der Waals surface area contributed by atoms with Crippen LogP contribution in [0.4, 0.5) is 5.82 Å². The molecule has 2 aromatic carbocycles. The second kappa shape index (κ2) is 7.31. The number of benzene rings is 2. The summed E-state index contributed by atoms with van der Waals surface area (Å²) in [6.07, 6.45) is 1.68. The lowest BCUT2D eigenvalue weighted by atomic mass is 10.1. The summed E-state index contributed by atoms with van der Waals surface area (Å²) in [5, 5.41) is 5.34. The highest BCUT2D eigenvalue weighted by atomic mass is 35.5. The van der Waals surface area contributed by atoms with Gasteiger partial charge in [0, 0.05) is 22.3 Å². The van der Waals surface area contributed by atoms with Gasteiger partial charge in [0.15, 0.2) is 5.82 Å². The molecule has 1 heterocycles. The average Bonchev–Trinajstić information content (AvgIpc) is 2.99. The van der Waals surface area contributed by atoms with Gasteiger partial charge in [-0.2, -0.15) is 5.10 Å². The van der Waals surface area contributed by atoms with E-state index in [9.17, 15) is 8.42 Å². The van der Waals surface area contributed by atoms with Crippen molar-refractivity contribution in [3.8, 4) is 0 Å². The first-order valence-corrected chi connectivity index (χ1v) is 10.1. The quantitative estimate of drug-likeness (QED) is 0.666. The molecule has 0 amide bonds. The van der Waals surface area contributed by atoms with Crippen LogP contribution in [-0.4, -0.2) is 18.2 Å². The van der Waals surface area contributed by atoms with Crippen LogP contribution in [0.1, 0.15) is 16.7 Å². The van der Waals surface area contributed by atoms with Gasteiger partial charge in [-0.05, 0) is 54.8 Å². The van der Waals surface area contributed by atoms with Crippen molar-refractivity contribution in [2.24, 2.45) is 0 Å². The summed E-state index contributed by atoms with van der Waals surface area (Å²) in [4.78, 5) is 0.205. The van der Waals surface area contributed by atoms with Gasteiger partial charge >= 0.3 is 0 Å². The first-order valence-electron chi connectivity index (χ1n) is 7.82. The molecule has 0 saturated heterocycles. The number of nitrogens with one attached hydrogen (secondary N) is 1. The third-order valence-corrected chi connectivity index (χ3v) is 5.96. The molecular formula is C18H17Cl2N3O2S. The average molecular weight is 410 g/mol. The Bertz CT molecular complexity index is 1060. The minimum atomic E-state index is -3.70. The maximum atomic E-state index is 12.5. The number of aromatic nitrogens is 2. The van der Waals surface area contributed by atoms with Crippen LogP contribution in [0, 0.1) is 13.8 Å². The molecule has 3 rings (SSSR count). The van der Waals surface area contributed by atoms with Crippen molar-refractivity contribution in [2.75, 3.05) is 4.72 Å². The van der Waals surface area contributed by atoms with E-state index in [4.69, 9.17) is 23.2 Å². The van der Waals surface area contributed by atoms with Gasteiger partial charge in [0.1, 0.15) is 0 Å². The summed E-state index contributed by atoms with van der Waals surface area (Å²) >= 11 is 12.1. The van der Waals surface area contributed by atoms with E-state index < -0.39 is 10.0 Å². The summed E-state index contributed by atoms with van der Waals surface area (Å²) < 4.78 is 29.2. The zero-order chi connectivity index (χ0) is 18.9. The third-order valence-electron chi connectivity index (χ3n) is 4.02. The van der Waals surface area contributed by atoms with Crippen molar-refractivity contribution >= 4 is 39.0 Å². The van der Waals surface area contributed by atoms with Crippen molar-refractivity contribution in [2.45, 2.75) is 25.3 Å². The normalized spacial score (nSPS) is 11.5. The molecule has 8 heteroatoms. The maximum absolute atomic E-state index is 12.5. The van der Waals surface area contributed by atoms with Gasteiger partial charge in [-0.25, -0.2) is 8.42 Å². The number of aryl methyl sites for hydroxylation is 2. The summed E-state index contributed by atoms with van der Waals surface area (Å²) in [7, 11) is -3.70. The van der Waals surface area contributed by atoms with E-state index in [1.54, 1.807) is 47.3 Å². The highest BCUT2D eigenvalue weighted by Gasteiger charge is 2.16. The van der Waals surface area contributed by atoms with E-state index in [1.165, 1.54) is 0 Å². The number of sulfonamides is 1. The Morgan fingerprint density at radius 3 is 2.50 bits per heavy atom. The molecule has 0 atom stereocenters. The Kier molecular flexibility index (Phi) is 5.27. The smallest absolute Gasteiger partial charge is 0.263 e. The van der Waals surface area contributed by atoms with Gasteiger partial charge in [0.2, 0.25) is 0 Å². The largest absolute Gasteiger partial charge is 0.266 e. The number of halogens is 2. The summed E-state index contributed by atoms with van der Waals surface area (Å²) in [6, 6.07) is 11.8. The fourth-order valence-corrected chi connectivity index (χ4v) is 3.96. The Labute approximate surface area is 162 Å². The lowest BCUT2D eigenvalue weighted by Gasteiger charge is -2.08. The van der Waals surface area contributed by atoms with Crippen LogP contribution in [0.3, 0.4) is 0 Å². The number of nitrogens with zero attached hydrogens (tertiary/aromatic N) is 2. The molecule has 0 fully saturated rings. The highest BCUT2D eigenvalue weighted by molar-refractivity contribution is 7.92. The fourth-order valence-electron chi connectivity index (χ4n) is 2.41. The Hall–Kier alpha value is -2.02. The van der Waals surface area contributed by atoms with Gasteiger partial charge < -0.3 is 0 Å². The van der Waals surface area contributed by atoms with E-state index >= 15 is 0 Å². The molecule has 0 aliphatic heterocycles. The highest BCUT2D eigenvalue weighted by Crippen LogP contribution is 2.22. The van der Waals surface area contributed by atoms with E-state index in [0.29, 0.717) is 16.6 Å². The van der Waals surface area contributed by atoms with E-state index in [-0.39, 0.29) is 10.7 Å². The molecule has 0 aliphatic rings. The SMILES string of the molecule is Cc1ccc(S(=O)(=O)Nc2ccn(Cc3ccc(Cl)cc3Cl)n2)cc1C. The van der Waals surface area contributed by atoms with Crippen LogP contribution in [0.2, 0.25) is 10.0 Å². The predicted molar refractivity (Wildman–Crippen MR) is 105 cm³/mol. The number of hydrogen-bond donors (Lipinski definition) is 1. The van der Waals surface area contributed by atoms with Crippen molar-refractivity contribution in [1.82, 2.24) is 9.78 Å². The van der Waals surface area contributed by atoms with Crippen LogP contribution in [-0.2, 0) is 16.6 Å². The van der Waals surface area contributed by atoms with Crippen LogP contribution in [0.5, 0.6) is 0 Å². The standard InChI is InChI=1S/C18H17Cl2N3O2S/c1-12-3-6-16(9-13(12)2)26(24,25)22-18-7-8-23(21-18)11-14-4-5-15(19)10-17(14)20/h3-10H,11H2,1-2H3,(H,21,22). The third kappa shape index (κ3) is 4.20. The van der Waals surface area contributed by atoms with Crippen LogP contribution in [0.15, 0.2) is 53.6 Å². The Balaban J connectivity index is 1.78. The summed E-state index contributed by atoms with van der Waals surface area (Å²) in [6.45, 7) is 4.21. The number of rotatable bonds is 5. The molecule has 136 valence electrons. The molecule has 3 aromatic rings. The summed E-state index contributed by atoms with van der Waals surface area (Å²) in [5.41, 5.74) is 2.78. The maximum Gasteiger partial charge on any atom is 0.263 e. The van der Waals surface area contributed by atoms with E-state index in [1.807, 2.05) is 19.9 Å². The first-order chi connectivity index (χ1) is 12.2. The molecular weight excluding hydrogens is 393 g/mol. The molecule has 0 spiro atoms. The Morgan fingerprint density at radius 1 is 1.04 bits per heavy atom. The molecule has 0 unspecified atom stereocenters. The van der Waals surface area contributed by atoms with Crippen LogP contribution < -0.4 is 4.72 Å². The van der Waals surface area contributed by atoms with E-state index in [2.05, 4.69) is 9.82 Å². The minimum Gasteiger partial charge on any atom is -0.266 e. The summed E-state index contributed by atoms with van der Waals surface area (Å²) in [5.74, 6) is 0.244. The number of hydrogen-bond acceptors (Lipinski definition) is 3. The zero-order valence-corrected chi connectivity index (χ0v) is 16.5. The van der Waals surface area contributed by atoms with Crippen LogP contribution in [0.25, 0.3) is 0 Å². The second-order valence-electron chi connectivity index (χ2n) is 5.99. The molecule has 0 saturated carbocycles. The topological polar surface area (TPSA) is 64.0 Å². The van der Waals surface area contributed by atoms with Crippen LogP contribution >= 0.6 is 23.2 Å². The molecule has 5 nitrogen and oxygen atoms in total. The van der Waals surface area contributed by atoms with Gasteiger partial charge in [0.05, 0.1) is 11.4 Å². The first kappa shape index (κ1) is 18.8. The predicted octanol–water partition coefficient (Wildman–Crippen LogP) is 4.66. The number of anilines is 1. The molecule has 0 bridgehead atoms. The Morgan fingerprint density at radius 2 is 1.81 bits per heavy atom. The van der Waals surface area contributed by atoms with Gasteiger partial charge in [-0.15, -0.1) is 0 Å². The molecule has 0 radical (unpaired) electrons. The van der Waals surface area contributed by atoms with Crippen molar-refractivity contribution in [1.29, 1.82) is 0 Å². The minimum absolute atomic E-state index is 0.205. The van der Waals surface area contributed by atoms with Crippen molar-refractivity contribution in [3.63, 3.8) is 0 Å². The molecule has 26 heavy (non-hydrogen) atoms. The fraction of sp³-hybridized carbons (Fsp3) is 0.167. The lowest BCUT2D eigenvalue weighted by Crippen LogP contribution is -2.14. The van der Waals surface area contributed by atoms with Gasteiger partial charge in [-0.3, -0.25) is 9.40 Å². The second-order valence-corrected chi connectivity index (χ2v) is 8.51. The molecule has 0 aliphatic carbocycles. The van der Waals surface area contributed by atoms with E-state index in [0.717, 1.165) is 16.7 Å². The monoisotopic (exact) mass is 409 g/mol. The van der Waals surface area contributed by atoms with Crippen molar-refractivity contribution < 1.29 is 8.42 Å².